The van der Waals surface area contributed by atoms with E-state index in [9.17, 15) is 0 Å². The summed E-state index contributed by atoms with van der Waals surface area (Å²) < 4.78 is 11.6. The fraction of sp³-hybridized carbons (Fsp3) is 0.286. The topological polar surface area (TPSA) is 47.1 Å². The zero-order valence-corrected chi connectivity index (χ0v) is 11.4. The molecule has 0 amide bonds. The molecule has 0 radical (unpaired) electrons. The fourth-order valence-electron chi connectivity index (χ4n) is 2.36. The van der Waals surface area contributed by atoms with Gasteiger partial charge in [0, 0.05) is 5.56 Å². The predicted octanol–water partition coefficient (Wildman–Crippen LogP) is 3.14. The number of benzene rings is 1. The first-order valence-corrected chi connectivity index (χ1v) is 6.59. The lowest BCUT2D eigenvalue weighted by molar-refractivity contribution is 0.289. The van der Waals surface area contributed by atoms with Gasteiger partial charge in [0.15, 0.2) is 10.4 Å². The molecule has 0 bridgehead atoms. The van der Waals surface area contributed by atoms with E-state index >= 15 is 0 Å². The number of hydrogen-bond acceptors (Lipinski definition) is 4. The number of fused-ring (bicyclic) bond motifs is 1. The molecule has 1 aliphatic rings. The Morgan fingerprint density at radius 1 is 1.42 bits per heavy atom. The van der Waals surface area contributed by atoms with Gasteiger partial charge >= 0.3 is 0 Å². The molecule has 0 aliphatic carbocycles. The quantitative estimate of drug-likeness (QED) is 0.855. The van der Waals surface area contributed by atoms with E-state index < -0.39 is 0 Å². The van der Waals surface area contributed by atoms with Crippen LogP contribution in [0, 0.1) is 4.64 Å². The molecule has 0 unspecified atom stereocenters. The molecule has 1 aliphatic heterocycles. The number of H-pyrrole nitrogens is 1. The first-order valence-electron chi connectivity index (χ1n) is 6.18. The summed E-state index contributed by atoms with van der Waals surface area (Å²) in [7, 11) is 1.60. The minimum Gasteiger partial charge on any atom is -0.493 e. The van der Waals surface area contributed by atoms with Crippen molar-refractivity contribution < 1.29 is 9.47 Å². The minimum absolute atomic E-state index is 0.449. The minimum atomic E-state index is 0.449. The number of ether oxygens (including phenoxy) is 2. The van der Waals surface area contributed by atoms with Gasteiger partial charge in [0.1, 0.15) is 5.75 Å². The summed E-state index contributed by atoms with van der Waals surface area (Å²) in [5.74, 6) is 1.50. The van der Waals surface area contributed by atoms with E-state index in [0.29, 0.717) is 10.4 Å². The molecule has 19 heavy (non-hydrogen) atoms. The number of nitrogens with one attached hydrogen (secondary N) is 1. The van der Waals surface area contributed by atoms with E-state index in [1.807, 2.05) is 12.1 Å². The molecule has 4 nitrogen and oxygen atoms in total. The molecule has 0 spiro atoms. The first kappa shape index (κ1) is 12.2. The summed E-state index contributed by atoms with van der Waals surface area (Å²) in [6.45, 7) is 0.748. The highest BCUT2D eigenvalue weighted by Crippen LogP contribution is 2.38. The molecule has 98 valence electrons. The Balaban J connectivity index is 2.23. The average Bonchev–Trinajstić information content (AvgIpc) is 2.46. The summed E-state index contributed by atoms with van der Waals surface area (Å²) in [5.41, 5.74) is 3.02. The van der Waals surface area contributed by atoms with Gasteiger partial charge in [0.2, 0.25) is 0 Å². The van der Waals surface area contributed by atoms with Gasteiger partial charge in [-0.3, -0.25) is 0 Å². The molecule has 1 aromatic heterocycles. The van der Waals surface area contributed by atoms with Gasteiger partial charge in [-0.05, 0) is 24.5 Å². The summed E-state index contributed by atoms with van der Waals surface area (Å²) in [6, 6.07) is 6.13. The van der Waals surface area contributed by atoms with E-state index in [2.05, 4.69) is 16.0 Å². The van der Waals surface area contributed by atoms with Crippen LogP contribution < -0.4 is 9.47 Å². The Bertz CT molecular complexity index is 667. The molecular formula is C14H14N2O2S. The summed E-state index contributed by atoms with van der Waals surface area (Å²) in [6.07, 6.45) is 3.68. The zero-order valence-electron chi connectivity index (χ0n) is 10.6. The van der Waals surface area contributed by atoms with Gasteiger partial charge in [-0.15, -0.1) is 0 Å². The van der Waals surface area contributed by atoms with Gasteiger partial charge in [0.25, 0.3) is 0 Å². The van der Waals surface area contributed by atoms with Crippen molar-refractivity contribution in [3.05, 3.63) is 34.7 Å². The molecule has 3 rings (SSSR count). The van der Waals surface area contributed by atoms with Crippen LogP contribution in [0.3, 0.4) is 0 Å². The molecule has 0 saturated carbocycles. The van der Waals surface area contributed by atoms with Crippen LogP contribution in [0.5, 0.6) is 11.5 Å². The Labute approximate surface area is 116 Å². The van der Waals surface area contributed by atoms with Crippen molar-refractivity contribution >= 4 is 12.2 Å². The maximum absolute atomic E-state index is 5.82. The van der Waals surface area contributed by atoms with E-state index in [4.69, 9.17) is 21.7 Å². The maximum atomic E-state index is 5.82. The fourth-order valence-corrected chi connectivity index (χ4v) is 2.60. The predicted molar refractivity (Wildman–Crippen MR) is 75.2 cm³/mol. The zero-order chi connectivity index (χ0) is 13.2. The van der Waals surface area contributed by atoms with Gasteiger partial charge in [-0.25, -0.2) is 4.98 Å². The Morgan fingerprint density at radius 3 is 3.16 bits per heavy atom. The van der Waals surface area contributed by atoms with Gasteiger partial charge in [-0.1, -0.05) is 24.4 Å². The van der Waals surface area contributed by atoms with Crippen LogP contribution in [-0.2, 0) is 6.42 Å². The monoisotopic (exact) mass is 274 g/mol. The smallest absolute Gasteiger partial charge is 0.179 e. The molecule has 0 saturated heterocycles. The third-order valence-corrected chi connectivity index (χ3v) is 3.51. The second-order valence-electron chi connectivity index (χ2n) is 4.36. The highest BCUT2D eigenvalue weighted by atomic mass is 32.1. The van der Waals surface area contributed by atoms with Gasteiger partial charge in [0.05, 0.1) is 25.7 Å². The summed E-state index contributed by atoms with van der Waals surface area (Å²) in [5, 5.41) is 0. The molecule has 0 fully saturated rings. The van der Waals surface area contributed by atoms with Crippen LogP contribution in [-0.4, -0.2) is 23.7 Å². The highest BCUT2D eigenvalue weighted by Gasteiger charge is 2.18. The second kappa shape index (κ2) is 5.01. The molecule has 2 heterocycles. The Hall–Kier alpha value is -1.88. The number of hydrogen-bond donors (Lipinski definition) is 1. The largest absolute Gasteiger partial charge is 0.493 e. The Kier molecular flexibility index (Phi) is 3.21. The van der Waals surface area contributed by atoms with Crippen molar-refractivity contribution in [3.63, 3.8) is 0 Å². The molecule has 1 aromatic carbocycles. The lowest BCUT2D eigenvalue weighted by Crippen LogP contribution is -2.09. The van der Waals surface area contributed by atoms with Crippen LogP contribution in [0.2, 0.25) is 0 Å². The van der Waals surface area contributed by atoms with Crippen LogP contribution in [0.15, 0.2) is 24.5 Å². The Morgan fingerprint density at radius 2 is 2.32 bits per heavy atom. The molecule has 0 atom stereocenters. The van der Waals surface area contributed by atoms with Crippen molar-refractivity contribution in [2.75, 3.05) is 13.7 Å². The molecule has 1 N–H and O–H groups in total. The van der Waals surface area contributed by atoms with Crippen LogP contribution in [0.25, 0.3) is 11.3 Å². The lowest BCUT2D eigenvalue weighted by atomic mass is 10.0. The van der Waals surface area contributed by atoms with Crippen molar-refractivity contribution in [2.45, 2.75) is 12.8 Å². The number of methoxy groups -OCH3 is 1. The van der Waals surface area contributed by atoms with Crippen molar-refractivity contribution in [1.29, 1.82) is 0 Å². The third kappa shape index (κ3) is 2.10. The maximum Gasteiger partial charge on any atom is 0.179 e. The molecule has 5 heteroatoms. The van der Waals surface area contributed by atoms with E-state index in [1.54, 1.807) is 13.4 Å². The van der Waals surface area contributed by atoms with Crippen molar-refractivity contribution in [3.8, 4) is 22.8 Å². The van der Waals surface area contributed by atoms with Crippen LogP contribution >= 0.6 is 12.2 Å². The van der Waals surface area contributed by atoms with Gasteiger partial charge in [-0.2, -0.15) is 0 Å². The first-order chi connectivity index (χ1) is 9.31. The highest BCUT2D eigenvalue weighted by molar-refractivity contribution is 7.71. The van der Waals surface area contributed by atoms with Gasteiger partial charge < -0.3 is 14.5 Å². The average molecular weight is 274 g/mol. The lowest BCUT2D eigenvalue weighted by Gasteiger charge is -2.20. The number of aromatic nitrogens is 2. The number of para-hydroxylation sites is 1. The number of aromatic amines is 1. The molecule has 2 aromatic rings. The SMILES string of the molecule is COc1c(-c2cccc3c2OCCC3)[nH]cnc1=S. The van der Waals surface area contributed by atoms with E-state index in [0.717, 1.165) is 36.5 Å². The standard InChI is InChI=1S/C14H14N2O2S/c1-17-13-11(15-8-16-14(13)19)10-6-2-4-9-5-3-7-18-12(9)10/h2,4,6,8H,3,5,7H2,1H3,(H,15,16,19). The number of nitrogens with zero attached hydrogens (tertiary/aromatic N) is 1. The number of aryl methyl sites for hydroxylation is 1. The summed E-state index contributed by atoms with van der Waals surface area (Å²) in [4.78, 5) is 7.15. The second-order valence-corrected chi connectivity index (χ2v) is 4.75. The van der Waals surface area contributed by atoms with Crippen molar-refractivity contribution in [1.82, 2.24) is 9.97 Å². The number of rotatable bonds is 2. The molecular weight excluding hydrogens is 260 g/mol. The third-order valence-electron chi connectivity index (χ3n) is 3.22. The van der Waals surface area contributed by atoms with E-state index in [1.165, 1.54) is 5.56 Å². The van der Waals surface area contributed by atoms with Crippen LogP contribution in [0.4, 0.5) is 0 Å². The normalized spacial score (nSPS) is 13.5. The summed E-state index contributed by atoms with van der Waals surface area (Å²) >= 11 is 5.20. The van der Waals surface area contributed by atoms with Crippen molar-refractivity contribution in [2.24, 2.45) is 0 Å². The van der Waals surface area contributed by atoms with Crippen LogP contribution in [0.1, 0.15) is 12.0 Å². The van der Waals surface area contributed by atoms with E-state index in [-0.39, 0.29) is 0 Å².